The molecule has 0 bridgehead atoms. The number of amides is 1. The molecule has 1 amide bonds. The molecule has 1 heterocycles. The Morgan fingerprint density at radius 2 is 2.20 bits per heavy atom. The van der Waals surface area contributed by atoms with Crippen molar-refractivity contribution in [2.24, 2.45) is 10.8 Å². The van der Waals surface area contributed by atoms with Crippen molar-refractivity contribution in [1.82, 2.24) is 5.43 Å². The van der Waals surface area contributed by atoms with Crippen molar-refractivity contribution in [3.05, 3.63) is 35.4 Å². The van der Waals surface area contributed by atoms with Gasteiger partial charge in [-0.25, -0.2) is 5.43 Å². The van der Waals surface area contributed by atoms with Crippen LogP contribution in [0.4, 0.5) is 0 Å². The normalized spacial score (nSPS) is 18.4. The molecule has 20 heavy (non-hydrogen) atoms. The molecular formula is C14H18ClN3O2. The number of para-hydroxylation sites is 1. The van der Waals surface area contributed by atoms with Crippen LogP contribution in [0.3, 0.4) is 0 Å². The van der Waals surface area contributed by atoms with Crippen molar-refractivity contribution >= 4 is 30.6 Å². The number of benzene rings is 1. The third-order valence-electron chi connectivity index (χ3n) is 2.82. The minimum absolute atomic E-state index is 0. The van der Waals surface area contributed by atoms with Gasteiger partial charge in [0.25, 0.3) is 5.91 Å². The second-order valence-corrected chi connectivity index (χ2v) is 4.47. The minimum Gasteiger partial charge on any atom is -0.485 e. The maximum Gasteiger partial charge on any atom is 0.256 e. The van der Waals surface area contributed by atoms with E-state index in [4.69, 9.17) is 10.5 Å². The zero-order valence-corrected chi connectivity index (χ0v) is 12.2. The van der Waals surface area contributed by atoms with E-state index in [1.54, 1.807) is 13.1 Å². The molecule has 1 aliphatic rings. The summed E-state index contributed by atoms with van der Waals surface area (Å²) < 4.78 is 5.75. The smallest absolute Gasteiger partial charge is 0.256 e. The predicted octanol–water partition coefficient (Wildman–Crippen LogP) is 1.72. The number of nitrogens with zero attached hydrogens (tertiary/aromatic N) is 1. The zero-order valence-electron chi connectivity index (χ0n) is 11.4. The van der Waals surface area contributed by atoms with Crippen LogP contribution in [0.15, 0.2) is 34.9 Å². The van der Waals surface area contributed by atoms with Crippen LogP contribution in [0.2, 0.25) is 0 Å². The first-order chi connectivity index (χ1) is 9.08. The number of halogens is 1. The first kappa shape index (κ1) is 16.2. The quantitative estimate of drug-likeness (QED) is 0.658. The number of hydrazone groups is 1. The van der Waals surface area contributed by atoms with Crippen molar-refractivity contribution in [3.63, 3.8) is 0 Å². The Balaban J connectivity index is 0.00000200. The highest BCUT2D eigenvalue weighted by molar-refractivity contribution is 5.90. The molecule has 0 aliphatic carbocycles. The summed E-state index contributed by atoms with van der Waals surface area (Å²) in [6, 6.07) is 7.19. The average molecular weight is 296 g/mol. The van der Waals surface area contributed by atoms with Crippen molar-refractivity contribution < 1.29 is 9.53 Å². The molecule has 5 nitrogen and oxygen atoms in total. The summed E-state index contributed by atoms with van der Waals surface area (Å²) in [4.78, 5) is 11.3. The maximum absolute atomic E-state index is 11.3. The van der Waals surface area contributed by atoms with Crippen LogP contribution < -0.4 is 15.9 Å². The van der Waals surface area contributed by atoms with Crippen molar-refractivity contribution in [3.8, 4) is 5.75 Å². The van der Waals surface area contributed by atoms with E-state index in [2.05, 4.69) is 10.5 Å². The number of hydrogen-bond acceptors (Lipinski definition) is 4. The number of fused-ring (bicyclic) bond motifs is 1. The van der Waals surface area contributed by atoms with E-state index in [1.165, 1.54) is 0 Å². The molecule has 0 aromatic heterocycles. The summed E-state index contributed by atoms with van der Waals surface area (Å²) in [5.74, 6) is 0.536. The third-order valence-corrected chi connectivity index (χ3v) is 2.82. The van der Waals surface area contributed by atoms with Gasteiger partial charge in [-0.15, -0.1) is 12.4 Å². The highest BCUT2D eigenvalue weighted by Gasteiger charge is 2.16. The number of carbonyl (C=O) groups excluding carboxylic acids is 1. The lowest BCUT2D eigenvalue weighted by Gasteiger charge is -2.22. The molecular weight excluding hydrogens is 278 g/mol. The van der Waals surface area contributed by atoms with Gasteiger partial charge in [0.1, 0.15) is 11.9 Å². The molecule has 0 saturated carbocycles. The minimum atomic E-state index is -0.577. The highest BCUT2D eigenvalue weighted by atomic mass is 35.5. The van der Waals surface area contributed by atoms with E-state index >= 15 is 0 Å². The second-order valence-electron chi connectivity index (χ2n) is 4.47. The number of carbonyl (C=O) groups is 1. The molecule has 1 unspecified atom stereocenters. The maximum atomic E-state index is 11.3. The monoisotopic (exact) mass is 295 g/mol. The fourth-order valence-electron chi connectivity index (χ4n) is 1.68. The van der Waals surface area contributed by atoms with E-state index in [0.29, 0.717) is 0 Å². The molecule has 0 radical (unpaired) electrons. The van der Waals surface area contributed by atoms with Gasteiger partial charge in [0.2, 0.25) is 0 Å². The summed E-state index contributed by atoms with van der Waals surface area (Å²) >= 11 is 0. The van der Waals surface area contributed by atoms with Crippen LogP contribution in [-0.4, -0.2) is 24.3 Å². The van der Waals surface area contributed by atoms with E-state index in [9.17, 15) is 4.79 Å². The number of nitrogens with one attached hydrogen (secondary N) is 1. The van der Waals surface area contributed by atoms with Crippen LogP contribution in [0.1, 0.15) is 19.4 Å². The van der Waals surface area contributed by atoms with E-state index < -0.39 is 6.04 Å². The first-order valence-corrected chi connectivity index (χ1v) is 6.13. The van der Waals surface area contributed by atoms with E-state index in [0.717, 1.165) is 16.9 Å². The number of ether oxygens (including phenoxy) is 1. The van der Waals surface area contributed by atoms with Gasteiger partial charge in [0, 0.05) is 11.1 Å². The Morgan fingerprint density at radius 3 is 2.90 bits per heavy atom. The molecule has 1 aromatic rings. The van der Waals surface area contributed by atoms with Gasteiger partial charge in [-0.05, 0) is 26.0 Å². The molecule has 3 N–H and O–H groups in total. The Labute approximate surface area is 124 Å². The largest absolute Gasteiger partial charge is 0.485 e. The average Bonchev–Trinajstić information content (AvgIpc) is 2.39. The summed E-state index contributed by atoms with van der Waals surface area (Å²) in [5, 5.41) is 3.89. The fourth-order valence-corrected chi connectivity index (χ4v) is 1.68. The van der Waals surface area contributed by atoms with E-state index in [-0.39, 0.29) is 24.4 Å². The lowest BCUT2D eigenvalue weighted by molar-refractivity contribution is -0.121. The van der Waals surface area contributed by atoms with Gasteiger partial charge in [0.15, 0.2) is 0 Å². The summed E-state index contributed by atoms with van der Waals surface area (Å²) in [5.41, 5.74) is 9.70. The second kappa shape index (κ2) is 7.07. The summed E-state index contributed by atoms with van der Waals surface area (Å²) in [6.07, 6.45) is 3.47. The van der Waals surface area contributed by atoms with Gasteiger partial charge >= 0.3 is 0 Å². The molecule has 6 heteroatoms. The van der Waals surface area contributed by atoms with Gasteiger partial charge in [-0.1, -0.05) is 18.2 Å². The molecule has 108 valence electrons. The highest BCUT2D eigenvalue weighted by Crippen LogP contribution is 2.28. The molecule has 0 saturated heterocycles. The molecule has 2 rings (SSSR count). The lowest BCUT2D eigenvalue weighted by atomic mass is 10.0. The Kier molecular flexibility index (Phi) is 5.73. The molecule has 0 spiro atoms. The Morgan fingerprint density at radius 1 is 1.50 bits per heavy atom. The molecule has 0 fully saturated rings. The molecule has 2 atom stereocenters. The SMILES string of the molecule is CC1Oc2ccccc2C=C1/C=N/NC(=O)[C@@H](C)N.Cl. The summed E-state index contributed by atoms with van der Waals surface area (Å²) in [6.45, 7) is 3.54. The molecule has 1 aliphatic heterocycles. The van der Waals surface area contributed by atoms with Gasteiger partial charge < -0.3 is 10.5 Å². The number of hydrogen-bond donors (Lipinski definition) is 2. The van der Waals surface area contributed by atoms with Crippen molar-refractivity contribution in [2.45, 2.75) is 26.0 Å². The van der Waals surface area contributed by atoms with E-state index in [1.807, 2.05) is 37.3 Å². The van der Waals surface area contributed by atoms with Crippen LogP contribution in [-0.2, 0) is 4.79 Å². The standard InChI is InChI=1S/C14H17N3O2.ClH/c1-9(15)14(18)17-16-8-12-7-11-5-3-4-6-13(11)19-10(12)2;/h3-10H,15H2,1-2H3,(H,17,18);1H/b16-8+;/t9-,10?;/m1./s1. The summed E-state index contributed by atoms with van der Waals surface area (Å²) in [7, 11) is 0. The van der Waals surface area contributed by atoms with Gasteiger partial charge in [-0.3, -0.25) is 4.79 Å². The fraction of sp³-hybridized carbons (Fsp3) is 0.286. The van der Waals surface area contributed by atoms with Crippen LogP contribution in [0.5, 0.6) is 5.75 Å². The van der Waals surface area contributed by atoms with Crippen molar-refractivity contribution in [1.29, 1.82) is 0 Å². The Hall–Kier alpha value is -1.85. The van der Waals surface area contributed by atoms with Crippen molar-refractivity contribution in [2.75, 3.05) is 0 Å². The topological polar surface area (TPSA) is 76.7 Å². The van der Waals surface area contributed by atoms with Crippen LogP contribution in [0, 0.1) is 0 Å². The van der Waals surface area contributed by atoms with Gasteiger partial charge in [0.05, 0.1) is 12.3 Å². The molecule has 1 aromatic carbocycles. The zero-order chi connectivity index (χ0) is 13.8. The lowest BCUT2D eigenvalue weighted by Crippen LogP contribution is -2.35. The number of nitrogens with two attached hydrogens (primary N) is 1. The number of rotatable bonds is 3. The predicted molar refractivity (Wildman–Crippen MR) is 82.0 cm³/mol. The third kappa shape index (κ3) is 3.82. The van der Waals surface area contributed by atoms with Gasteiger partial charge in [-0.2, -0.15) is 5.10 Å². The van der Waals surface area contributed by atoms with Crippen LogP contribution >= 0.6 is 12.4 Å². The Bertz CT molecular complexity index is 541. The van der Waals surface area contributed by atoms with Crippen LogP contribution in [0.25, 0.3) is 6.08 Å². The first-order valence-electron chi connectivity index (χ1n) is 6.13.